The molecule has 1 aromatic rings. The van der Waals surface area contributed by atoms with Crippen molar-refractivity contribution in [3.63, 3.8) is 0 Å². The quantitative estimate of drug-likeness (QED) is 0.866. The Hall–Kier alpha value is -1.33. The molecule has 0 aromatic carbocycles. The maximum atomic E-state index is 12.4. The van der Waals surface area contributed by atoms with Crippen LogP contribution in [0.15, 0.2) is 12.1 Å². The summed E-state index contributed by atoms with van der Waals surface area (Å²) in [4.78, 5) is 29.7. The number of carbonyl (C=O) groups is 2. The average Bonchev–Trinajstić information content (AvgIpc) is 2.46. The first kappa shape index (κ1) is 16.0. The maximum Gasteiger partial charge on any atom is 0.254 e. The van der Waals surface area contributed by atoms with Crippen LogP contribution in [-0.4, -0.2) is 41.3 Å². The van der Waals surface area contributed by atoms with Gasteiger partial charge in [-0.2, -0.15) is 0 Å². The molecule has 7 heteroatoms. The number of nitrogens with zero attached hydrogens (tertiary/aromatic N) is 2. The van der Waals surface area contributed by atoms with Gasteiger partial charge in [-0.25, -0.2) is 4.98 Å². The first-order valence-corrected chi connectivity index (χ1v) is 7.67. The van der Waals surface area contributed by atoms with E-state index in [1.54, 1.807) is 4.90 Å². The fraction of sp³-hybridized carbons (Fsp3) is 0.500. The molecule has 5 nitrogen and oxygen atoms in total. The number of nitrogens with one attached hydrogen (secondary N) is 1. The largest absolute Gasteiger partial charge is 0.356 e. The van der Waals surface area contributed by atoms with Crippen molar-refractivity contribution in [3.8, 4) is 0 Å². The van der Waals surface area contributed by atoms with Crippen LogP contribution in [0, 0.1) is 5.92 Å². The SMILES string of the molecule is CCNC(=O)C1CCN(C(=O)c2cc(Cl)nc(Cl)c2)CC1. The van der Waals surface area contributed by atoms with Crippen LogP contribution in [0.25, 0.3) is 0 Å². The van der Waals surface area contributed by atoms with E-state index in [0.29, 0.717) is 38.0 Å². The fourth-order valence-electron chi connectivity index (χ4n) is 2.43. The molecule has 1 aliphatic rings. The number of pyridine rings is 1. The maximum absolute atomic E-state index is 12.4. The Kier molecular flexibility index (Phi) is 5.42. The number of rotatable bonds is 3. The minimum Gasteiger partial charge on any atom is -0.356 e. The van der Waals surface area contributed by atoms with Crippen LogP contribution >= 0.6 is 23.2 Å². The van der Waals surface area contributed by atoms with E-state index in [-0.39, 0.29) is 28.0 Å². The molecule has 21 heavy (non-hydrogen) atoms. The predicted molar refractivity (Wildman–Crippen MR) is 81.6 cm³/mol. The molecule has 0 aliphatic carbocycles. The van der Waals surface area contributed by atoms with Gasteiger partial charge >= 0.3 is 0 Å². The van der Waals surface area contributed by atoms with E-state index < -0.39 is 0 Å². The second kappa shape index (κ2) is 7.09. The van der Waals surface area contributed by atoms with Crippen molar-refractivity contribution in [1.29, 1.82) is 0 Å². The van der Waals surface area contributed by atoms with Gasteiger partial charge in [-0.05, 0) is 31.9 Å². The fourth-order valence-corrected chi connectivity index (χ4v) is 2.89. The van der Waals surface area contributed by atoms with Crippen molar-refractivity contribution >= 4 is 35.0 Å². The molecule has 0 atom stereocenters. The molecule has 0 radical (unpaired) electrons. The number of carbonyl (C=O) groups excluding carboxylic acids is 2. The zero-order chi connectivity index (χ0) is 15.4. The molecule has 2 heterocycles. The third kappa shape index (κ3) is 4.08. The molecule has 0 saturated carbocycles. The van der Waals surface area contributed by atoms with Crippen LogP contribution in [0.1, 0.15) is 30.1 Å². The Bertz CT molecular complexity index is 523. The normalized spacial score (nSPS) is 15.9. The number of piperidine rings is 1. The number of likely N-dealkylation sites (tertiary alicyclic amines) is 1. The Labute approximate surface area is 133 Å². The smallest absolute Gasteiger partial charge is 0.254 e. The predicted octanol–water partition coefficient (Wildman–Crippen LogP) is 2.38. The molecule has 0 spiro atoms. The van der Waals surface area contributed by atoms with E-state index in [4.69, 9.17) is 23.2 Å². The van der Waals surface area contributed by atoms with E-state index in [0.717, 1.165) is 0 Å². The lowest BCUT2D eigenvalue weighted by atomic mass is 9.95. The summed E-state index contributed by atoms with van der Waals surface area (Å²) in [5, 5.41) is 3.21. The molecule has 0 bridgehead atoms. The minimum atomic E-state index is -0.129. The third-order valence-corrected chi connectivity index (χ3v) is 3.90. The molecule has 2 amide bonds. The Morgan fingerprint density at radius 2 is 1.86 bits per heavy atom. The van der Waals surface area contributed by atoms with Crippen LogP contribution in [-0.2, 0) is 4.79 Å². The molecule has 1 fully saturated rings. The van der Waals surface area contributed by atoms with Gasteiger partial charge in [0.1, 0.15) is 10.3 Å². The summed E-state index contributed by atoms with van der Waals surface area (Å²) < 4.78 is 0. The summed E-state index contributed by atoms with van der Waals surface area (Å²) in [5.41, 5.74) is 0.427. The Balaban J connectivity index is 1.98. The molecular weight excluding hydrogens is 313 g/mol. The van der Waals surface area contributed by atoms with Crippen molar-refractivity contribution in [2.24, 2.45) is 5.92 Å². The zero-order valence-corrected chi connectivity index (χ0v) is 13.2. The second-order valence-electron chi connectivity index (χ2n) is 4.96. The molecule has 1 aliphatic heterocycles. The first-order valence-electron chi connectivity index (χ1n) is 6.91. The Morgan fingerprint density at radius 1 is 1.29 bits per heavy atom. The lowest BCUT2D eigenvalue weighted by molar-refractivity contribution is -0.126. The molecular formula is C14H17Cl2N3O2. The van der Waals surface area contributed by atoms with E-state index in [9.17, 15) is 9.59 Å². The molecule has 1 aromatic heterocycles. The summed E-state index contributed by atoms with van der Waals surface area (Å²) in [6.07, 6.45) is 1.34. The van der Waals surface area contributed by atoms with Crippen molar-refractivity contribution < 1.29 is 9.59 Å². The van der Waals surface area contributed by atoms with Crippen molar-refractivity contribution in [3.05, 3.63) is 28.0 Å². The number of hydrogen-bond acceptors (Lipinski definition) is 3. The van der Waals surface area contributed by atoms with Gasteiger partial charge in [0.2, 0.25) is 5.91 Å². The number of halogens is 2. The average molecular weight is 330 g/mol. The highest BCUT2D eigenvalue weighted by atomic mass is 35.5. The van der Waals surface area contributed by atoms with Crippen molar-refractivity contribution in [2.45, 2.75) is 19.8 Å². The highest BCUT2D eigenvalue weighted by Gasteiger charge is 2.27. The standard InChI is InChI=1S/C14H17Cl2N3O2/c1-2-17-13(20)9-3-5-19(6-4-9)14(21)10-7-11(15)18-12(16)8-10/h7-9H,2-6H2,1H3,(H,17,20). The first-order chi connectivity index (χ1) is 10.0. The minimum absolute atomic E-state index is 0.0152. The number of aromatic nitrogens is 1. The summed E-state index contributed by atoms with van der Waals surface area (Å²) in [6, 6.07) is 3.01. The van der Waals surface area contributed by atoms with Gasteiger partial charge in [-0.3, -0.25) is 9.59 Å². The highest BCUT2D eigenvalue weighted by molar-refractivity contribution is 6.33. The number of hydrogen-bond donors (Lipinski definition) is 1. The topological polar surface area (TPSA) is 62.3 Å². The lowest BCUT2D eigenvalue weighted by Crippen LogP contribution is -2.43. The van der Waals surface area contributed by atoms with Gasteiger partial charge in [0.25, 0.3) is 5.91 Å². The van der Waals surface area contributed by atoms with Gasteiger partial charge in [-0.15, -0.1) is 0 Å². The summed E-state index contributed by atoms with van der Waals surface area (Å²) in [7, 11) is 0. The molecule has 114 valence electrons. The highest BCUT2D eigenvalue weighted by Crippen LogP contribution is 2.21. The lowest BCUT2D eigenvalue weighted by Gasteiger charge is -2.31. The van der Waals surface area contributed by atoms with Crippen LogP contribution in [0.2, 0.25) is 10.3 Å². The van der Waals surface area contributed by atoms with Crippen LogP contribution in [0.5, 0.6) is 0 Å². The van der Waals surface area contributed by atoms with E-state index >= 15 is 0 Å². The van der Waals surface area contributed by atoms with Gasteiger partial charge < -0.3 is 10.2 Å². The van der Waals surface area contributed by atoms with Gasteiger partial charge in [0.15, 0.2) is 0 Å². The van der Waals surface area contributed by atoms with Crippen molar-refractivity contribution in [1.82, 2.24) is 15.2 Å². The third-order valence-electron chi connectivity index (χ3n) is 3.51. The molecule has 2 rings (SSSR count). The van der Waals surface area contributed by atoms with Crippen molar-refractivity contribution in [2.75, 3.05) is 19.6 Å². The van der Waals surface area contributed by atoms with Crippen LogP contribution < -0.4 is 5.32 Å². The monoisotopic (exact) mass is 329 g/mol. The van der Waals surface area contributed by atoms with Crippen LogP contribution in [0.3, 0.4) is 0 Å². The van der Waals surface area contributed by atoms with Gasteiger partial charge in [0, 0.05) is 31.1 Å². The van der Waals surface area contributed by atoms with E-state index in [1.807, 2.05) is 6.92 Å². The van der Waals surface area contributed by atoms with Gasteiger partial charge in [-0.1, -0.05) is 23.2 Å². The summed E-state index contributed by atoms with van der Waals surface area (Å²) >= 11 is 11.6. The van der Waals surface area contributed by atoms with E-state index in [2.05, 4.69) is 10.3 Å². The number of amides is 2. The molecule has 0 unspecified atom stereocenters. The van der Waals surface area contributed by atoms with E-state index in [1.165, 1.54) is 12.1 Å². The van der Waals surface area contributed by atoms with Gasteiger partial charge in [0.05, 0.1) is 0 Å². The van der Waals surface area contributed by atoms with Crippen LogP contribution in [0.4, 0.5) is 0 Å². The zero-order valence-electron chi connectivity index (χ0n) is 11.7. The summed E-state index contributed by atoms with van der Waals surface area (Å²) in [5.74, 6) is -0.0752. The molecule has 1 N–H and O–H groups in total. The summed E-state index contributed by atoms with van der Waals surface area (Å²) in [6.45, 7) is 3.63. The second-order valence-corrected chi connectivity index (χ2v) is 5.74. The Morgan fingerprint density at radius 3 is 2.38 bits per heavy atom. The molecule has 1 saturated heterocycles.